The number of aromatic nitrogens is 2. The zero-order chi connectivity index (χ0) is 17.6. The van der Waals surface area contributed by atoms with Crippen molar-refractivity contribution in [2.75, 3.05) is 12.4 Å². The van der Waals surface area contributed by atoms with Crippen molar-refractivity contribution in [3.8, 4) is 5.75 Å². The molecule has 0 spiro atoms. The molecule has 0 bridgehead atoms. The van der Waals surface area contributed by atoms with Gasteiger partial charge in [0.05, 0.1) is 7.11 Å². The lowest BCUT2D eigenvalue weighted by Crippen LogP contribution is -2.49. The molecule has 1 fully saturated rings. The molecule has 1 unspecified atom stereocenters. The lowest BCUT2D eigenvalue weighted by atomic mass is 9.91. The Morgan fingerprint density at radius 1 is 1.28 bits per heavy atom. The first-order valence-corrected chi connectivity index (χ1v) is 8.46. The molecule has 1 saturated carbocycles. The highest BCUT2D eigenvalue weighted by Crippen LogP contribution is 2.20. The lowest BCUT2D eigenvalue weighted by Gasteiger charge is -2.29. The van der Waals surface area contributed by atoms with Crippen LogP contribution in [0.25, 0.3) is 0 Å². The number of carbonyl (C=O) groups is 1. The van der Waals surface area contributed by atoms with Crippen LogP contribution in [0, 0.1) is 0 Å². The van der Waals surface area contributed by atoms with Gasteiger partial charge in [-0.2, -0.15) is 0 Å². The minimum atomic E-state index is -0.224. The highest BCUT2D eigenvalue weighted by molar-refractivity contribution is 5.92. The highest BCUT2D eigenvalue weighted by atomic mass is 16.5. The lowest BCUT2D eigenvalue weighted by molar-refractivity contribution is 0.0916. The molecule has 2 aromatic rings. The third-order valence-electron chi connectivity index (χ3n) is 4.35. The maximum atomic E-state index is 12.5. The van der Waals surface area contributed by atoms with Crippen LogP contribution in [0.3, 0.4) is 0 Å². The molecule has 3 rings (SSSR count). The largest absolute Gasteiger partial charge is 0.497 e. The molecule has 7 heteroatoms. The van der Waals surface area contributed by atoms with E-state index in [0.717, 1.165) is 37.1 Å². The molecular weight excluding hydrogens is 318 g/mol. The number of ether oxygens (including phenoxy) is 1. The average molecular weight is 341 g/mol. The minimum Gasteiger partial charge on any atom is -0.497 e. The molecule has 7 nitrogen and oxygen atoms in total. The highest BCUT2D eigenvalue weighted by Gasteiger charge is 2.24. The summed E-state index contributed by atoms with van der Waals surface area (Å²) >= 11 is 0. The normalized spacial score (nSPS) is 19.9. The minimum absolute atomic E-state index is 0.00556. The third kappa shape index (κ3) is 4.45. The van der Waals surface area contributed by atoms with Crippen molar-refractivity contribution in [1.29, 1.82) is 0 Å². The van der Waals surface area contributed by atoms with Crippen molar-refractivity contribution in [2.24, 2.45) is 5.73 Å². The second-order valence-corrected chi connectivity index (χ2v) is 6.15. The Labute approximate surface area is 147 Å². The molecule has 1 heterocycles. The third-order valence-corrected chi connectivity index (χ3v) is 4.35. The molecule has 1 aromatic heterocycles. The molecule has 2 atom stereocenters. The smallest absolute Gasteiger partial charge is 0.270 e. The van der Waals surface area contributed by atoms with Crippen LogP contribution in [-0.4, -0.2) is 35.1 Å². The molecule has 132 valence electrons. The van der Waals surface area contributed by atoms with Gasteiger partial charge in [-0.25, -0.2) is 9.97 Å². The molecular formula is C18H23N5O2. The number of nitrogens with one attached hydrogen (secondary N) is 2. The molecule has 25 heavy (non-hydrogen) atoms. The summed E-state index contributed by atoms with van der Waals surface area (Å²) in [6.45, 7) is 0. The van der Waals surface area contributed by atoms with Gasteiger partial charge in [0.25, 0.3) is 5.91 Å². The fourth-order valence-corrected chi connectivity index (χ4v) is 2.96. The van der Waals surface area contributed by atoms with Crippen molar-refractivity contribution in [2.45, 2.75) is 37.8 Å². The first-order valence-electron chi connectivity index (χ1n) is 8.46. The van der Waals surface area contributed by atoms with E-state index in [2.05, 4.69) is 20.6 Å². The number of carbonyl (C=O) groups excluding carboxylic acids is 1. The van der Waals surface area contributed by atoms with Crippen LogP contribution in [0.1, 0.15) is 36.2 Å². The summed E-state index contributed by atoms with van der Waals surface area (Å²) in [5.74, 6) is 0.859. The summed E-state index contributed by atoms with van der Waals surface area (Å²) in [7, 11) is 1.61. The summed E-state index contributed by atoms with van der Waals surface area (Å²) in [6.07, 6.45) is 5.62. The maximum absolute atomic E-state index is 12.5. The Balaban J connectivity index is 1.69. The standard InChI is InChI=1S/C18H23N5O2/c1-25-13-6-4-5-12(11-13)21-18-20-10-9-16(23-18)17(24)22-15-8-3-2-7-14(15)19/h4-6,9-11,14-15H,2-3,7-8,19H2,1H3,(H,22,24)(H,20,21,23)/t14-,15?/m1/s1. The second-order valence-electron chi connectivity index (χ2n) is 6.15. The van der Waals surface area contributed by atoms with Crippen LogP contribution >= 0.6 is 0 Å². The maximum Gasteiger partial charge on any atom is 0.270 e. The van der Waals surface area contributed by atoms with Gasteiger partial charge in [0.2, 0.25) is 5.95 Å². The van der Waals surface area contributed by atoms with Crippen molar-refractivity contribution in [3.05, 3.63) is 42.2 Å². The van der Waals surface area contributed by atoms with Crippen LogP contribution in [0.2, 0.25) is 0 Å². The van der Waals surface area contributed by atoms with Gasteiger partial charge >= 0.3 is 0 Å². The van der Waals surface area contributed by atoms with Crippen LogP contribution < -0.4 is 21.1 Å². The van der Waals surface area contributed by atoms with Crippen LogP contribution in [0.4, 0.5) is 11.6 Å². The van der Waals surface area contributed by atoms with E-state index < -0.39 is 0 Å². The predicted molar refractivity (Wildman–Crippen MR) is 96.0 cm³/mol. The predicted octanol–water partition coefficient (Wildman–Crippen LogP) is 2.23. The number of nitrogens with two attached hydrogens (primary N) is 1. The summed E-state index contributed by atoms with van der Waals surface area (Å²) in [6, 6.07) is 9.03. The van der Waals surface area contributed by atoms with E-state index >= 15 is 0 Å². The molecule has 1 aliphatic rings. The first-order chi connectivity index (χ1) is 12.2. The Morgan fingerprint density at radius 2 is 2.12 bits per heavy atom. The summed E-state index contributed by atoms with van der Waals surface area (Å²) in [5.41, 5.74) is 7.19. The second kappa shape index (κ2) is 7.94. The molecule has 1 aliphatic carbocycles. The van der Waals surface area contributed by atoms with Gasteiger partial charge in [-0.05, 0) is 31.0 Å². The van der Waals surface area contributed by atoms with Crippen molar-refractivity contribution in [1.82, 2.24) is 15.3 Å². The molecule has 0 saturated heterocycles. The van der Waals surface area contributed by atoms with Crippen LogP contribution in [0.15, 0.2) is 36.5 Å². The first kappa shape index (κ1) is 17.2. The Hall–Kier alpha value is -2.67. The quantitative estimate of drug-likeness (QED) is 0.771. The van der Waals surface area contributed by atoms with E-state index in [1.807, 2.05) is 24.3 Å². The van der Waals surface area contributed by atoms with E-state index in [9.17, 15) is 4.79 Å². The number of rotatable bonds is 5. The average Bonchev–Trinajstić information content (AvgIpc) is 2.64. The number of amides is 1. The number of nitrogens with zero attached hydrogens (tertiary/aromatic N) is 2. The monoisotopic (exact) mass is 341 g/mol. The summed E-state index contributed by atoms with van der Waals surface area (Å²) < 4.78 is 5.19. The zero-order valence-corrected chi connectivity index (χ0v) is 14.2. The van der Waals surface area contributed by atoms with Crippen molar-refractivity contribution < 1.29 is 9.53 Å². The molecule has 0 aliphatic heterocycles. The van der Waals surface area contributed by atoms with E-state index in [4.69, 9.17) is 10.5 Å². The Bertz CT molecular complexity index is 737. The van der Waals surface area contributed by atoms with Crippen molar-refractivity contribution in [3.63, 3.8) is 0 Å². The fourth-order valence-electron chi connectivity index (χ4n) is 2.96. The van der Waals surface area contributed by atoms with Crippen molar-refractivity contribution >= 4 is 17.5 Å². The van der Waals surface area contributed by atoms with E-state index in [0.29, 0.717) is 11.6 Å². The molecule has 0 radical (unpaired) electrons. The van der Waals surface area contributed by atoms with Crippen LogP contribution in [-0.2, 0) is 0 Å². The van der Waals surface area contributed by atoms with E-state index in [-0.39, 0.29) is 18.0 Å². The van der Waals surface area contributed by atoms with Gasteiger partial charge in [0.15, 0.2) is 0 Å². The van der Waals surface area contributed by atoms with Gasteiger partial charge in [0.1, 0.15) is 11.4 Å². The van der Waals surface area contributed by atoms with Crippen LogP contribution in [0.5, 0.6) is 5.75 Å². The number of methoxy groups -OCH3 is 1. The number of hydrogen-bond donors (Lipinski definition) is 3. The molecule has 4 N–H and O–H groups in total. The van der Waals surface area contributed by atoms with Gasteiger partial charge in [0, 0.05) is 30.0 Å². The molecule has 1 amide bonds. The van der Waals surface area contributed by atoms with E-state index in [1.54, 1.807) is 19.4 Å². The molecule has 1 aromatic carbocycles. The topological polar surface area (TPSA) is 102 Å². The zero-order valence-electron chi connectivity index (χ0n) is 14.2. The number of benzene rings is 1. The van der Waals surface area contributed by atoms with Gasteiger partial charge in [-0.1, -0.05) is 18.9 Å². The van der Waals surface area contributed by atoms with Gasteiger partial charge < -0.3 is 21.1 Å². The number of hydrogen-bond acceptors (Lipinski definition) is 6. The SMILES string of the molecule is COc1cccc(Nc2nccc(C(=O)NC3CCCC[C@H]3N)n2)c1. The fraction of sp³-hybridized carbons (Fsp3) is 0.389. The number of anilines is 2. The Kier molecular flexibility index (Phi) is 5.45. The Morgan fingerprint density at radius 3 is 2.92 bits per heavy atom. The van der Waals surface area contributed by atoms with Gasteiger partial charge in [-0.3, -0.25) is 4.79 Å². The van der Waals surface area contributed by atoms with E-state index in [1.165, 1.54) is 0 Å². The summed E-state index contributed by atoms with van der Waals surface area (Å²) in [5, 5.41) is 6.07. The summed E-state index contributed by atoms with van der Waals surface area (Å²) in [4.78, 5) is 20.9. The van der Waals surface area contributed by atoms with Gasteiger partial charge in [-0.15, -0.1) is 0 Å².